The van der Waals surface area contributed by atoms with Gasteiger partial charge in [0.2, 0.25) is 11.8 Å². The smallest absolute Gasteiger partial charge is 0.249 e. The number of hydrogen-bond acceptors (Lipinski definition) is 2. The number of hydrogen-bond donors (Lipinski definition) is 1. The Hall–Kier alpha value is -2.43. The van der Waals surface area contributed by atoms with Crippen molar-refractivity contribution >= 4 is 17.4 Å². The van der Waals surface area contributed by atoms with Crippen LogP contribution >= 0.6 is 0 Å². The number of carbonyl (C=O) groups excluding carboxylic acids is 2. The lowest BCUT2D eigenvalue weighted by molar-refractivity contribution is -0.127. The number of piperidine rings is 1. The van der Waals surface area contributed by atoms with E-state index in [1.54, 1.807) is 4.90 Å². The molecule has 4 nitrogen and oxygen atoms in total. The Kier molecular flexibility index (Phi) is 5.09. The minimum Gasteiger partial charge on any atom is -0.366 e. The molecule has 4 rings (SSSR count). The summed E-state index contributed by atoms with van der Waals surface area (Å²) in [6.07, 6.45) is 9.05. The first-order chi connectivity index (χ1) is 13.5. The number of primary amides is 1. The third kappa shape index (κ3) is 3.17. The summed E-state index contributed by atoms with van der Waals surface area (Å²) >= 11 is 0. The molecule has 0 spiro atoms. The van der Waals surface area contributed by atoms with E-state index in [1.807, 2.05) is 0 Å². The number of amides is 2. The molecule has 1 aromatic rings. The molecule has 1 aliphatic heterocycles. The van der Waals surface area contributed by atoms with Crippen LogP contribution in [-0.4, -0.2) is 29.8 Å². The van der Waals surface area contributed by atoms with E-state index < -0.39 is 5.91 Å². The van der Waals surface area contributed by atoms with Crippen molar-refractivity contribution in [3.8, 4) is 0 Å². The summed E-state index contributed by atoms with van der Waals surface area (Å²) in [5, 5.41) is 0. The van der Waals surface area contributed by atoms with Crippen molar-refractivity contribution in [2.24, 2.45) is 5.73 Å². The van der Waals surface area contributed by atoms with E-state index >= 15 is 4.39 Å². The molecule has 2 aliphatic carbocycles. The number of benzene rings is 1. The molecule has 0 bridgehead atoms. The zero-order chi connectivity index (χ0) is 19.8. The minimum absolute atomic E-state index is 0.0663. The van der Waals surface area contributed by atoms with E-state index in [1.165, 1.54) is 29.7 Å². The number of carbonyl (C=O) groups is 2. The lowest BCUT2D eigenvalue weighted by Gasteiger charge is -2.34. The average Bonchev–Trinajstić information content (AvgIpc) is 2.88. The first-order valence-corrected chi connectivity index (χ1v) is 10.3. The van der Waals surface area contributed by atoms with Crippen LogP contribution in [0.3, 0.4) is 0 Å². The monoisotopic (exact) mass is 382 g/mol. The highest BCUT2D eigenvalue weighted by Crippen LogP contribution is 2.47. The van der Waals surface area contributed by atoms with E-state index in [0.29, 0.717) is 30.6 Å². The molecule has 0 aromatic heterocycles. The molecule has 3 aliphatic rings. The zero-order valence-corrected chi connectivity index (χ0v) is 16.2. The van der Waals surface area contributed by atoms with E-state index in [-0.39, 0.29) is 17.6 Å². The predicted octanol–water partition coefficient (Wildman–Crippen LogP) is 4.09. The summed E-state index contributed by atoms with van der Waals surface area (Å²) in [5.41, 5.74) is 11.0. The van der Waals surface area contributed by atoms with Gasteiger partial charge in [0.25, 0.3) is 0 Å². The Balaban J connectivity index is 1.83. The Morgan fingerprint density at radius 1 is 1.21 bits per heavy atom. The maximum atomic E-state index is 15.4. The van der Waals surface area contributed by atoms with Gasteiger partial charge in [0.15, 0.2) is 0 Å². The third-order valence-corrected chi connectivity index (χ3v) is 6.53. The Morgan fingerprint density at radius 3 is 2.75 bits per heavy atom. The standard InChI is InChI=1S/C23H27FN2O2/c1-2-20(27)26-10-6-8-15(13-26)21-19(24)12-18(23(25)28)17-11-14-7-4-3-5-9-16(14)22(17)21/h2,12,15H,1,3-11,13H2,(H2,25,28). The fraction of sp³-hybridized carbons (Fsp3) is 0.478. The quantitative estimate of drug-likeness (QED) is 0.801. The van der Waals surface area contributed by atoms with Crippen molar-refractivity contribution in [3.63, 3.8) is 0 Å². The van der Waals surface area contributed by atoms with Crippen LogP contribution in [0.25, 0.3) is 5.57 Å². The first kappa shape index (κ1) is 18.9. The van der Waals surface area contributed by atoms with Crippen molar-refractivity contribution < 1.29 is 14.0 Å². The highest BCUT2D eigenvalue weighted by atomic mass is 19.1. The number of nitrogens with two attached hydrogens (primary N) is 1. The van der Waals surface area contributed by atoms with Crippen LogP contribution in [-0.2, 0) is 11.2 Å². The van der Waals surface area contributed by atoms with Gasteiger partial charge in [0.05, 0.1) is 0 Å². The van der Waals surface area contributed by atoms with Gasteiger partial charge in [-0.15, -0.1) is 0 Å². The molecule has 148 valence electrons. The summed E-state index contributed by atoms with van der Waals surface area (Å²) in [7, 11) is 0. The van der Waals surface area contributed by atoms with Crippen molar-refractivity contribution in [1.82, 2.24) is 4.90 Å². The predicted molar refractivity (Wildman–Crippen MR) is 107 cm³/mol. The van der Waals surface area contributed by atoms with Crippen LogP contribution in [0.15, 0.2) is 24.3 Å². The van der Waals surface area contributed by atoms with Gasteiger partial charge >= 0.3 is 0 Å². The van der Waals surface area contributed by atoms with E-state index in [0.717, 1.165) is 49.7 Å². The molecule has 1 unspecified atom stereocenters. The van der Waals surface area contributed by atoms with Crippen molar-refractivity contribution in [2.45, 2.75) is 57.3 Å². The molecule has 28 heavy (non-hydrogen) atoms. The van der Waals surface area contributed by atoms with Gasteiger partial charge < -0.3 is 10.6 Å². The molecule has 5 heteroatoms. The molecule has 1 aromatic carbocycles. The Labute approximate surface area is 165 Å². The van der Waals surface area contributed by atoms with Crippen LogP contribution in [0.2, 0.25) is 0 Å². The van der Waals surface area contributed by atoms with Crippen molar-refractivity contribution in [3.05, 3.63) is 52.4 Å². The lowest BCUT2D eigenvalue weighted by atomic mass is 9.82. The van der Waals surface area contributed by atoms with Crippen LogP contribution < -0.4 is 5.73 Å². The second-order valence-electron chi connectivity index (χ2n) is 8.18. The Bertz CT molecular complexity index is 887. The molecule has 0 saturated carbocycles. The van der Waals surface area contributed by atoms with Crippen LogP contribution in [0, 0.1) is 5.82 Å². The highest BCUT2D eigenvalue weighted by Gasteiger charge is 2.35. The molecule has 2 amide bonds. The second-order valence-corrected chi connectivity index (χ2v) is 8.18. The summed E-state index contributed by atoms with van der Waals surface area (Å²) in [4.78, 5) is 25.9. The lowest BCUT2D eigenvalue weighted by Crippen LogP contribution is -2.38. The molecule has 1 saturated heterocycles. The fourth-order valence-electron chi connectivity index (χ4n) is 5.25. The average molecular weight is 382 g/mol. The minimum atomic E-state index is -0.563. The summed E-state index contributed by atoms with van der Waals surface area (Å²) < 4.78 is 15.4. The maximum Gasteiger partial charge on any atom is 0.249 e. The molecule has 1 heterocycles. The van der Waals surface area contributed by atoms with Gasteiger partial charge in [-0.2, -0.15) is 0 Å². The van der Waals surface area contributed by atoms with Crippen LogP contribution in [0.1, 0.15) is 77.9 Å². The van der Waals surface area contributed by atoms with Crippen molar-refractivity contribution in [2.75, 3.05) is 13.1 Å². The highest BCUT2D eigenvalue weighted by molar-refractivity contribution is 5.98. The van der Waals surface area contributed by atoms with E-state index in [4.69, 9.17) is 5.73 Å². The number of nitrogens with zero attached hydrogens (tertiary/aromatic N) is 1. The van der Waals surface area contributed by atoms with Gasteiger partial charge in [-0.1, -0.05) is 18.6 Å². The molecule has 1 fully saturated rings. The van der Waals surface area contributed by atoms with Gasteiger partial charge in [0.1, 0.15) is 5.82 Å². The number of fused-ring (bicyclic) bond motifs is 2. The van der Waals surface area contributed by atoms with Gasteiger partial charge in [-0.3, -0.25) is 9.59 Å². The van der Waals surface area contributed by atoms with Gasteiger partial charge in [-0.25, -0.2) is 4.39 Å². The largest absolute Gasteiger partial charge is 0.366 e. The number of likely N-dealkylation sites (tertiary alicyclic amines) is 1. The normalized spacial score (nSPS) is 21.8. The molecular formula is C23H27FN2O2. The Morgan fingerprint density at radius 2 is 2.00 bits per heavy atom. The second kappa shape index (κ2) is 7.53. The SMILES string of the molecule is C=CC(=O)N1CCCC(c2c(F)cc(C(N)=O)c3c2C2=C(CCCCC2)C3)C1. The molecule has 1 atom stereocenters. The third-order valence-electron chi connectivity index (χ3n) is 6.53. The molecule has 2 N–H and O–H groups in total. The summed E-state index contributed by atoms with van der Waals surface area (Å²) in [6, 6.07) is 1.33. The molecular weight excluding hydrogens is 355 g/mol. The maximum absolute atomic E-state index is 15.4. The van der Waals surface area contributed by atoms with Crippen LogP contribution in [0.5, 0.6) is 0 Å². The number of rotatable bonds is 3. The van der Waals surface area contributed by atoms with E-state index in [9.17, 15) is 9.59 Å². The van der Waals surface area contributed by atoms with Crippen molar-refractivity contribution in [1.29, 1.82) is 0 Å². The number of halogens is 1. The van der Waals surface area contributed by atoms with Gasteiger partial charge in [0, 0.05) is 30.1 Å². The summed E-state index contributed by atoms with van der Waals surface area (Å²) in [5.74, 6) is -1.09. The molecule has 0 radical (unpaired) electrons. The topological polar surface area (TPSA) is 63.4 Å². The van der Waals surface area contributed by atoms with E-state index in [2.05, 4.69) is 6.58 Å². The van der Waals surface area contributed by atoms with Gasteiger partial charge in [-0.05, 0) is 73.8 Å². The fourth-order valence-corrected chi connectivity index (χ4v) is 5.25. The van der Waals surface area contributed by atoms with Crippen LogP contribution in [0.4, 0.5) is 4.39 Å². The zero-order valence-electron chi connectivity index (χ0n) is 16.2. The number of allylic oxidation sites excluding steroid dienone is 2. The summed E-state index contributed by atoms with van der Waals surface area (Å²) in [6.45, 7) is 4.75. The first-order valence-electron chi connectivity index (χ1n) is 10.3.